The Balaban J connectivity index is 2.59. The van der Waals surface area contributed by atoms with Crippen LogP contribution in [0.15, 0.2) is 0 Å². The molecule has 0 saturated carbocycles. The minimum atomic E-state index is -1.55. The fourth-order valence-corrected chi connectivity index (χ4v) is 1.15. The molecule has 1 saturated heterocycles. The van der Waals surface area contributed by atoms with E-state index in [1.807, 2.05) is 0 Å². The van der Waals surface area contributed by atoms with E-state index < -0.39 is 11.6 Å². The molecule has 1 fully saturated rings. The second-order valence-electron chi connectivity index (χ2n) is 2.80. The van der Waals surface area contributed by atoms with Gasteiger partial charge in [0.25, 0.3) is 0 Å². The minimum Gasteiger partial charge on any atom is -0.479 e. The normalized spacial score (nSPS) is 32.8. The highest BCUT2D eigenvalue weighted by Crippen LogP contribution is 2.20. The van der Waals surface area contributed by atoms with Gasteiger partial charge in [0.2, 0.25) is 0 Å². The highest BCUT2D eigenvalue weighted by molar-refractivity contribution is 5.77. The predicted molar refractivity (Wildman–Crippen MR) is 37.3 cm³/mol. The molecule has 4 heteroatoms. The lowest BCUT2D eigenvalue weighted by Gasteiger charge is -2.19. The number of hydrogen-bond acceptors (Lipinski definition) is 3. The van der Waals surface area contributed by atoms with Gasteiger partial charge in [0.1, 0.15) is 0 Å². The SMILES string of the molecule is O=C(O)C1(O)CCCOCC1. The van der Waals surface area contributed by atoms with Crippen molar-refractivity contribution >= 4 is 5.97 Å². The number of carboxylic acid groups (broad SMARTS) is 1. The third-order valence-corrected chi connectivity index (χ3v) is 1.94. The van der Waals surface area contributed by atoms with Crippen LogP contribution < -0.4 is 0 Å². The number of rotatable bonds is 1. The molecule has 0 radical (unpaired) electrons. The largest absolute Gasteiger partial charge is 0.479 e. The Bertz CT molecular complexity index is 147. The van der Waals surface area contributed by atoms with Crippen molar-refractivity contribution in [1.29, 1.82) is 0 Å². The summed E-state index contributed by atoms with van der Waals surface area (Å²) in [4.78, 5) is 10.5. The molecule has 0 aliphatic carbocycles. The molecule has 0 aromatic heterocycles. The van der Waals surface area contributed by atoms with Crippen molar-refractivity contribution in [2.45, 2.75) is 24.9 Å². The molecule has 1 unspecified atom stereocenters. The first-order valence-corrected chi connectivity index (χ1v) is 3.69. The van der Waals surface area contributed by atoms with Gasteiger partial charge >= 0.3 is 5.97 Å². The predicted octanol–water partition coefficient (Wildman–Crippen LogP) is 0.00260. The van der Waals surface area contributed by atoms with Crippen molar-refractivity contribution in [3.05, 3.63) is 0 Å². The Morgan fingerprint density at radius 2 is 2.09 bits per heavy atom. The van der Waals surface area contributed by atoms with Crippen LogP contribution in [-0.2, 0) is 9.53 Å². The number of aliphatic hydroxyl groups is 1. The number of hydrogen-bond donors (Lipinski definition) is 2. The van der Waals surface area contributed by atoms with E-state index in [-0.39, 0.29) is 6.42 Å². The Kier molecular flexibility index (Phi) is 2.46. The molecule has 4 nitrogen and oxygen atoms in total. The van der Waals surface area contributed by atoms with E-state index >= 15 is 0 Å². The molecule has 1 atom stereocenters. The Labute approximate surface area is 64.8 Å². The summed E-state index contributed by atoms with van der Waals surface area (Å²) in [6.45, 7) is 0.887. The van der Waals surface area contributed by atoms with Gasteiger partial charge < -0.3 is 14.9 Å². The summed E-state index contributed by atoms with van der Waals surface area (Å²) in [5.41, 5.74) is -1.55. The van der Waals surface area contributed by atoms with Gasteiger partial charge in [-0.1, -0.05) is 0 Å². The van der Waals surface area contributed by atoms with Gasteiger partial charge in [-0.3, -0.25) is 0 Å². The van der Waals surface area contributed by atoms with Gasteiger partial charge in [-0.2, -0.15) is 0 Å². The van der Waals surface area contributed by atoms with Crippen molar-refractivity contribution in [3.63, 3.8) is 0 Å². The van der Waals surface area contributed by atoms with Crippen LogP contribution in [0.25, 0.3) is 0 Å². The molecule has 1 aliphatic heterocycles. The van der Waals surface area contributed by atoms with Crippen LogP contribution in [0.3, 0.4) is 0 Å². The lowest BCUT2D eigenvalue weighted by atomic mass is 9.95. The van der Waals surface area contributed by atoms with Crippen LogP contribution in [0.2, 0.25) is 0 Å². The summed E-state index contributed by atoms with van der Waals surface area (Å²) in [5, 5.41) is 18.1. The first-order valence-electron chi connectivity index (χ1n) is 3.69. The van der Waals surface area contributed by atoms with E-state index in [1.54, 1.807) is 0 Å². The number of aliphatic carboxylic acids is 1. The summed E-state index contributed by atoms with van der Waals surface area (Å²) in [6, 6.07) is 0. The van der Waals surface area contributed by atoms with Crippen LogP contribution in [0, 0.1) is 0 Å². The van der Waals surface area contributed by atoms with Gasteiger partial charge in [0.15, 0.2) is 5.60 Å². The van der Waals surface area contributed by atoms with E-state index in [0.29, 0.717) is 26.1 Å². The molecule has 1 rings (SSSR count). The van der Waals surface area contributed by atoms with E-state index in [4.69, 9.17) is 9.84 Å². The van der Waals surface area contributed by atoms with E-state index in [0.717, 1.165) is 0 Å². The molecule has 64 valence electrons. The third-order valence-electron chi connectivity index (χ3n) is 1.94. The molecule has 0 aromatic rings. The summed E-state index contributed by atoms with van der Waals surface area (Å²) >= 11 is 0. The van der Waals surface area contributed by atoms with Gasteiger partial charge in [-0.25, -0.2) is 4.79 Å². The number of carboxylic acids is 1. The zero-order chi connectivity index (χ0) is 8.32. The van der Waals surface area contributed by atoms with Crippen LogP contribution in [0.4, 0.5) is 0 Å². The summed E-state index contributed by atoms with van der Waals surface area (Å²) in [5.74, 6) is -1.14. The molecule has 0 bridgehead atoms. The molecular weight excluding hydrogens is 148 g/mol. The van der Waals surface area contributed by atoms with Gasteiger partial charge in [0, 0.05) is 19.6 Å². The quantitative estimate of drug-likeness (QED) is 0.566. The number of ether oxygens (including phenoxy) is 1. The zero-order valence-corrected chi connectivity index (χ0v) is 6.25. The summed E-state index contributed by atoms with van der Waals surface area (Å²) < 4.78 is 5.02. The lowest BCUT2D eigenvalue weighted by Crippen LogP contribution is -2.38. The Hall–Kier alpha value is -0.610. The molecular formula is C7H12O4. The second kappa shape index (κ2) is 3.19. The maximum atomic E-state index is 10.5. The monoisotopic (exact) mass is 160 g/mol. The maximum absolute atomic E-state index is 10.5. The zero-order valence-electron chi connectivity index (χ0n) is 6.25. The third kappa shape index (κ3) is 1.91. The topological polar surface area (TPSA) is 66.8 Å². The van der Waals surface area contributed by atoms with Crippen molar-refractivity contribution < 1.29 is 19.7 Å². The van der Waals surface area contributed by atoms with Gasteiger partial charge in [-0.15, -0.1) is 0 Å². The average Bonchev–Trinajstić information content (AvgIpc) is 2.15. The molecule has 2 N–H and O–H groups in total. The molecule has 0 aromatic carbocycles. The van der Waals surface area contributed by atoms with Crippen molar-refractivity contribution in [2.75, 3.05) is 13.2 Å². The van der Waals surface area contributed by atoms with E-state index in [1.165, 1.54) is 0 Å². The molecule has 1 aliphatic rings. The smallest absolute Gasteiger partial charge is 0.335 e. The summed E-state index contributed by atoms with van der Waals surface area (Å²) in [7, 11) is 0. The molecule has 1 heterocycles. The molecule has 0 spiro atoms. The van der Waals surface area contributed by atoms with Crippen LogP contribution in [0.5, 0.6) is 0 Å². The van der Waals surface area contributed by atoms with E-state index in [9.17, 15) is 9.90 Å². The standard InChI is InChI=1S/C7H12O4/c8-6(9)7(10)2-1-4-11-5-3-7/h10H,1-5H2,(H,8,9). The second-order valence-corrected chi connectivity index (χ2v) is 2.80. The molecule has 11 heavy (non-hydrogen) atoms. The van der Waals surface area contributed by atoms with Crippen LogP contribution >= 0.6 is 0 Å². The van der Waals surface area contributed by atoms with Gasteiger partial charge in [-0.05, 0) is 12.8 Å². The van der Waals surface area contributed by atoms with Crippen LogP contribution in [-0.4, -0.2) is 35.0 Å². The number of carbonyl (C=O) groups is 1. The Morgan fingerprint density at radius 1 is 1.36 bits per heavy atom. The lowest BCUT2D eigenvalue weighted by molar-refractivity contribution is -0.159. The highest BCUT2D eigenvalue weighted by Gasteiger charge is 2.36. The fourth-order valence-electron chi connectivity index (χ4n) is 1.15. The Morgan fingerprint density at radius 3 is 2.73 bits per heavy atom. The van der Waals surface area contributed by atoms with Crippen molar-refractivity contribution in [3.8, 4) is 0 Å². The van der Waals surface area contributed by atoms with Gasteiger partial charge in [0.05, 0.1) is 0 Å². The minimum absolute atomic E-state index is 0.197. The molecule has 0 amide bonds. The summed E-state index contributed by atoms with van der Waals surface area (Å²) in [6.07, 6.45) is 1.10. The fraction of sp³-hybridized carbons (Fsp3) is 0.857. The van der Waals surface area contributed by atoms with Crippen molar-refractivity contribution in [2.24, 2.45) is 0 Å². The first-order chi connectivity index (χ1) is 5.15. The highest BCUT2D eigenvalue weighted by atomic mass is 16.5. The van der Waals surface area contributed by atoms with Crippen molar-refractivity contribution in [1.82, 2.24) is 0 Å². The average molecular weight is 160 g/mol. The first kappa shape index (κ1) is 8.49. The van der Waals surface area contributed by atoms with Crippen LogP contribution in [0.1, 0.15) is 19.3 Å². The maximum Gasteiger partial charge on any atom is 0.335 e. The van der Waals surface area contributed by atoms with E-state index in [2.05, 4.69) is 0 Å².